The molecule has 0 spiro atoms. The Kier molecular flexibility index (Phi) is 5.84. The maximum atomic E-state index is 13.3. The van der Waals surface area contributed by atoms with Gasteiger partial charge in [0.1, 0.15) is 21.6 Å². The zero-order chi connectivity index (χ0) is 22.1. The highest BCUT2D eigenvalue weighted by Gasteiger charge is 2.29. The third-order valence-electron chi connectivity index (χ3n) is 6.10. The van der Waals surface area contributed by atoms with Crippen LogP contribution in [-0.4, -0.2) is 28.9 Å². The first-order chi connectivity index (χ1) is 14.9. The lowest BCUT2D eigenvalue weighted by Gasteiger charge is -2.32. The summed E-state index contributed by atoms with van der Waals surface area (Å²) < 4.78 is 0. The van der Waals surface area contributed by atoms with Crippen LogP contribution >= 0.6 is 11.3 Å². The van der Waals surface area contributed by atoms with Gasteiger partial charge in [-0.15, -0.1) is 11.3 Å². The highest BCUT2D eigenvalue weighted by molar-refractivity contribution is 7.21. The van der Waals surface area contributed by atoms with Gasteiger partial charge in [0, 0.05) is 18.5 Å². The van der Waals surface area contributed by atoms with Gasteiger partial charge in [0.05, 0.1) is 11.3 Å². The van der Waals surface area contributed by atoms with Gasteiger partial charge >= 0.3 is 0 Å². The van der Waals surface area contributed by atoms with Crippen molar-refractivity contribution in [1.29, 1.82) is 5.26 Å². The molecule has 0 bridgehead atoms. The first-order valence-electron chi connectivity index (χ1n) is 10.6. The molecule has 1 fully saturated rings. The number of anilines is 2. The van der Waals surface area contributed by atoms with Gasteiger partial charge in [-0.1, -0.05) is 44.2 Å². The first-order valence-corrected chi connectivity index (χ1v) is 11.5. The molecule has 1 saturated heterocycles. The van der Waals surface area contributed by atoms with Crippen LogP contribution < -0.4 is 11.5 Å². The Balaban J connectivity index is 1.57. The van der Waals surface area contributed by atoms with Gasteiger partial charge in [-0.2, -0.15) is 5.26 Å². The normalized spacial score (nSPS) is 14.8. The predicted molar refractivity (Wildman–Crippen MR) is 126 cm³/mol. The molecule has 6 nitrogen and oxygen atoms in total. The Labute approximate surface area is 186 Å². The largest absolute Gasteiger partial charge is 0.397 e. The molecule has 1 aliphatic heterocycles. The molecule has 3 aromatic rings. The van der Waals surface area contributed by atoms with E-state index in [0.717, 1.165) is 37.9 Å². The molecule has 1 aromatic carbocycles. The number of thiophene rings is 1. The number of carbonyl (C=O) groups is 1. The Hall–Kier alpha value is -3.11. The number of rotatable bonds is 4. The van der Waals surface area contributed by atoms with Crippen LogP contribution in [0.25, 0.3) is 10.2 Å². The fourth-order valence-corrected chi connectivity index (χ4v) is 5.57. The minimum absolute atomic E-state index is 0.0380. The zero-order valence-corrected chi connectivity index (χ0v) is 18.7. The number of amides is 1. The van der Waals surface area contributed by atoms with Crippen molar-refractivity contribution in [2.75, 3.05) is 24.6 Å². The molecule has 2 aromatic heterocycles. The SMILES string of the molecule is CC(C)c1c(C#N)c(N)nc2sc(C(=O)N3CCC(Cc4ccccc4)CC3)c(N)c12. The smallest absolute Gasteiger partial charge is 0.266 e. The lowest BCUT2D eigenvalue weighted by molar-refractivity contribution is 0.0696. The summed E-state index contributed by atoms with van der Waals surface area (Å²) in [4.78, 5) is 20.7. The number of nitrogens with two attached hydrogens (primary N) is 2. The molecular formula is C24H27N5OS. The maximum absolute atomic E-state index is 13.3. The molecule has 0 aliphatic carbocycles. The number of hydrogen-bond donors (Lipinski definition) is 2. The van der Waals surface area contributed by atoms with Gasteiger partial charge in [-0.05, 0) is 42.2 Å². The lowest BCUT2D eigenvalue weighted by atomic mass is 9.90. The summed E-state index contributed by atoms with van der Waals surface area (Å²) in [6.45, 7) is 5.43. The summed E-state index contributed by atoms with van der Waals surface area (Å²) in [5.41, 5.74) is 15.4. The third-order valence-corrected chi connectivity index (χ3v) is 7.18. The highest BCUT2D eigenvalue weighted by Crippen LogP contribution is 2.41. The number of hydrogen-bond acceptors (Lipinski definition) is 6. The molecule has 1 aliphatic rings. The van der Waals surface area contributed by atoms with Crippen molar-refractivity contribution in [3.8, 4) is 6.07 Å². The minimum Gasteiger partial charge on any atom is -0.397 e. The molecule has 31 heavy (non-hydrogen) atoms. The fourth-order valence-electron chi connectivity index (χ4n) is 4.48. The van der Waals surface area contributed by atoms with E-state index >= 15 is 0 Å². The van der Waals surface area contributed by atoms with Gasteiger partial charge in [0.25, 0.3) is 5.91 Å². The van der Waals surface area contributed by atoms with Gasteiger partial charge in [0.2, 0.25) is 0 Å². The number of nitriles is 1. The van der Waals surface area contributed by atoms with E-state index < -0.39 is 0 Å². The van der Waals surface area contributed by atoms with Crippen LogP contribution in [0.2, 0.25) is 0 Å². The van der Waals surface area contributed by atoms with Crippen LogP contribution in [0, 0.1) is 17.2 Å². The van der Waals surface area contributed by atoms with Gasteiger partial charge in [-0.25, -0.2) is 4.98 Å². The number of nitrogen functional groups attached to an aromatic ring is 2. The van der Waals surface area contributed by atoms with Gasteiger partial charge in [-0.3, -0.25) is 4.79 Å². The number of nitrogens with zero attached hydrogens (tertiary/aromatic N) is 3. The summed E-state index contributed by atoms with van der Waals surface area (Å²) in [5, 5.41) is 10.3. The number of fused-ring (bicyclic) bond motifs is 1. The van der Waals surface area contributed by atoms with Crippen LogP contribution in [0.3, 0.4) is 0 Å². The summed E-state index contributed by atoms with van der Waals surface area (Å²) in [6.07, 6.45) is 3.00. The van der Waals surface area contributed by atoms with Crippen LogP contribution in [0.5, 0.6) is 0 Å². The van der Waals surface area contributed by atoms with Gasteiger partial charge < -0.3 is 16.4 Å². The van der Waals surface area contributed by atoms with E-state index in [1.807, 2.05) is 24.8 Å². The van der Waals surface area contributed by atoms with Crippen LogP contribution in [0.4, 0.5) is 11.5 Å². The van der Waals surface area contributed by atoms with Crippen LogP contribution in [0.15, 0.2) is 30.3 Å². The van der Waals surface area contributed by atoms with E-state index in [9.17, 15) is 10.1 Å². The quantitative estimate of drug-likeness (QED) is 0.627. The Morgan fingerprint density at radius 2 is 1.94 bits per heavy atom. The van der Waals surface area contributed by atoms with E-state index in [0.29, 0.717) is 32.3 Å². The first kappa shape index (κ1) is 21.1. The molecule has 3 heterocycles. The summed E-state index contributed by atoms with van der Waals surface area (Å²) in [7, 11) is 0. The van der Waals surface area contributed by atoms with Crippen molar-refractivity contribution in [2.24, 2.45) is 5.92 Å². The number of pyridine rings is 1. The molecule has 0 saturated carbocycles. The van der Waals surface area contributed by atoms with Crippen molar-refractivity contribution in [3.05, 3.63) is 51.9 Å². The summed E-state index contributed by atoms with van der Waals surface area (Å²) in [5.74, 6) is 0.764. The molecule has 0 unspecified atom stereocenters. The number of benzene rings is 1. The fraction of sp³-hybridized carbons (Fsp3) is 0.375. The predicted octanol–water partition coefficient (Wildman–Crippen LogP) is 4.55. The van der Waals surface area contributed by atoms with E-state index in [1.54, 1.807) is 0 Å². The second-order valence-corrected chi connectivity index (χ2v) is 9.50. The zero-order valence-electron chi connectivity index (χ0n) is 17.9. The Bertz CT molecular complexity index is 1150. The standard InChI is InChI=1S/C24H27N5OS/c1-14(2)18-17(13-25)22(27)28-23-19(18)20(26)21(31-23)24(30)29-10-8-16(9-11-29)12-15-6-4-3-5-7-15/h3-7,14,16H,8-12,26H2,1-2H3,(H2,27,28). The number of aromatic nitrogens is 1. The summed E-state index contributed by atoms with van der Waals surface area (Å²) in [6, 6.07) is 12.7. The number of carbonyl (C=O) groups excluding carboxylic acids is 1. The minimum atomic E-state index is -0.0505. The lowest BCUT2D eigenvalue weighted by Crippen LogP contribution is -2.38. The van der Waals surface area contributed by atoms with Crippen LogP contribution in [-0.2, 0) is 6.42 Å². The molecular weight excluding hydrogens is 406 g/mol. The Morgan fingerprint density at radius 1 is 1.26 bits per heavy atom. The maximum Gasteiger partial charge on any atom is 0.266 e. The second kappa shape index (κ2) is 8.56. The van der Waals surface area contributed by atoms with Crippen molar-refractivity contribution in [2.45, 2.75) is 39.0 Å². The molecule has 0 atom stereocenters. The van der Waals surface area contributed by atoms with E-state index in [4.69, 9.17) is 11.5 Å². The van der Waals surface area contributed by atoms with Crippen molar-refractivity contribution >= 4 is 39.0 Å². The molecule has 1 amide bonds. The monoisotopic (exact) mass is 433 g/mol. The van der Waals surface area contributed by atoms with E-state index in [1.165, 1.54) is 16.9 Å². The van der Waals surface area contributed by atoms with E-state index in [2.05, 4.69) is 35.3 Å². The average molecular weight is 434 g/mol. The van der Waals surface area contributed by atoms with Crippen LogP contribution in [0.1, 0.15) is 59.0 Å². The molecule has 7 heteroatoms. The topological polar surface area (TPSA) is 109 Å². The molecule has 4 rings (SSSR count). The van der Waals surface area contributed by atoms with Crippen molar-refractivity contribution in [1.82, 2.24) is 9.88 Å². The van der Waals surface area contributed by atoms with Gasteiger partial charge in [0.15, 0.2) is 0 Å². The Morgan fingerprint density at radius 3 is 2.55 bits per heavy atom. The average Bonchev–Trinajstić information content (AvgIpc) is 3.09. The molecule has 160 valence electrons. The van der Waals surface area contributed by atoms with Crippen molar-refractivity contribution < 1.29 is 4.79 Å². The second-order valence-electron chi connectivity index (χ2n) is 8.50. The van der Waals surface area contributed by atoms with Crippen molar-refractivity contribution in [3.63, 3.8) is 0 Å². The number of likely N-dealkylation sites (tertiary alicyclic amines) is 1. The molecule has 4 N–H and O–H groups in total. The van der Waals surface area contributed by atoms with E-state index in [-0.39, 0.29) is 17.6 Å². The molecule has 0 radical (unpaired) electrons. The number of piperidine rings is 1. The third kappa shape index (κ3) is 3.96. The summed E-state index contributed by atoms with van der Waals surface area (Å²) >= 11 is 1.28. The highest BCUT2D eigenvalue weighted by atomic mass is 32.1.